The molecule has 2 aromatic heterocycles. The van der Waals surface area contributed by atoms with E-state index in [9.17, 15) is 4.79 Å². The lowest BCUT2D eigenvalue weighted by Gasteiger charge is -2.10. The van der Waals surface area contributed by atoms with E-state index in [1.165, 1.54) is 6.33 Å². The van der Waals surface area contributed by atoms with Crippen molar-refractivity contribution in [2.45, 2.75) is 26.8 Å². The van der Waals surface area contributed by atoms with Crippen LogP contribution in [0.4, 0.5) is 5.82 Å². The van der Waals surface area contributed by atoms with Crippen LogP contribution in [0.1, 0.15) is 20.3 Å². The smallest absolute Gasteiger partial charge is 0.252 e. The Balaban J connectivity index is 2.69. The molecule has 2 aromatic rings. The number of anilines is 1. The fourth-order valence-corrected chi connectivity index (χ4v) is 1.85. The van der Waals surface area contributed by atoms with Crippen molar-refractivity contribution in [2.75, 3.05) is 11.9 Å². The van der Waals surface area contributed by atoms with Crippen LogP contribution in [0.2, 0.25) is 0 Å². The van der Waals surface area contributed by atoms with Crippen molar-refractivity contribution in [1.29, 1.82) is 0 Å². The molecule has 0 saturated heterocycles. The van der Waals surface area contributed by atoms with E-state index in [2.05, 4.69) is 15.3 Å². The van der Waals surface area contributed by atoms with Gasteiger partial charge in [0.05, 0.1) is 5.39 Å². The molecule has 0 saturated carbocycles. The van der Waals surface area contributed by atoms with Crippen LogP contribution in [-0.2, 0) is 6.54 Å². The van der Waals surface area contributed by atoms with Gasteiger partial charge in [0.1, 0.15) is 17.8 Å². The summed E-state index contributed by atoms with van der Waals surface area (Å²) in [5.41, 5.74) is 0.686. The van der Waals surface area contributed by atoms with Crippen LogP contribution in [0.15, 0.2) is 23.3 Å². The molecule has 5 heteroatoms. The van der Waals surface area contributed by atoms with E-state index in [0.29, 0.717) is 12.2 Å². The standard InChI is InChI=1S/C12H16N4O/c1-3-7-16-10(17)6-5-9-11(13-4-2)14-8-15-12(9)16/h5-6,8H,3-4,7H2,1-2H3,(H,13,14,15). The van der Waals surface area contributed by atoms with Gasteiger partial charge in [-0.2, -0.15) is 0 Å². The van der Waals surface area contributed by atoms with Gasteiger partial charge in [-0.05, 0) is 19.4 Å². The van der Waals surface area contributed by atoms with Gasteiger partial charge in [0.25, 0.3) is 5.56 Å². The second kappa shape index (κ2) is 4.95. The first-order valence-corrected chi connectivity index (χ1v) is 5.86. The molecular weight excluding hydrogens is 216 g/mol. The maximum absolute atomic E-state index is 11.8. The zero-order valence-corrected chi connectivity index (χ0v) is 10.1. The molecular formula is C12H16N4O. The summed E-state index contributed by atoms with van der Waals surface area (Å²) in [6, 6.07) is 3.35. The predicted octanol–water partition coefficient (Wildman–Crippen LogP) is 1.63. The van der Waals surface area contributed by atoms with Crippen LogP contribution in [-0.4, -0.2) is 21.1 Å². The van der Waals surface area contributed by atoms with E-state index >= 15 is 0 Å². The molecule has 90 valence electrons. The molecule has 2 heterocycles. The van der Waals surface area contributed by atoms with Gasteiger partial charge in [0, 0.05) is 19.2 Å². The monoisotopic (exact) mass is 232 g/mol. The predicted molar refractivity (Wildman–Crippen MR) is 68.3 cm³/mol. The van der Waals surface area contributed by atoms with Gasteiger partial charge < -0.3 is 5.32 Å². The summed E-state index contributed by atoms with van der Waals surface area (Å²) in [6.07, 6.45) is 2.39. The lowest BCUT2D eigenvalue weighted by atomic mass is 10.3. The zero-order valence-electron chi connectivity index (χ0n) is 10.1. The van der Waals surface area contributed by atoms with E-state index in [4.69, 9.17) is 0 Å². The Morgan fingerprint density at radius 2 is 2.12 bits per heavy atom. The summed E-state index contributed by atoms with van der Waals surface area (Å²) in [6.45, 7) is 5.52. The number of rotatable bonds is 4. The number of nitrogens with one attached hydrogen (secondary N) is 1. The molecule has 0 aliphatic heterocycles. The highest BCUT2D eigenvalue weighted by molar-refractivity contribution is 5.86. The lowest BCUT2D eigenvalue weighted by Crippen LogP contribution is -2.20. The first-order chi connectivity index (χ1) is 8.27. The Kier molecular flexibility index (Phi) is 3.37. The normalized spacial score (nSPS) is 10.7. The summed E-state index contributed by atoms with van der Waals surface area (Å²) < 4.78 is 1.69. The summed E-state index contributed by atoms with van der Waals surface area (Å²) in [4.78, 5) is 20.2. The molecule has 0 atom stereocenters. The van der Waals surface area contributed by atoms with Crippen LogP contribution in [0.5, 0.6) is 0 Å². The van der Waals surface area contributed by atoms with Crippen LogP contribution in [0.25, 0.3) is 11.0 Å². The number of fused-ring (bicyclic) bond motifs is 1. The molecule has 0 fully saturated rings. The minimum atomic E-state index is -0.0134. The first kappa shape index (κ1) is 11.6. The number of aryl methyl sites for hydroxylation is 1. The molecule has 0 aliphatic carbocycles. The van der Waals surface area contributed by atoms with Crippen molar-refractivity contribution < 1.29 is 0 Å². The first-order valence-electron chi connectivity index (χ1n) is 5.86. The van der Waals surface area contributed by atoms with Crippen molar-refractivity contribution in [3.05, 3.63) is 28.8 Å². The third kappa shape index (κ3) is 2.13. The maximum atomic E-state index is 11.8. The molecule has 1 N–H and O–H groups in total. The molecule has 17 heavy (non-hydrogen) atoms. The van der Waals surface area contributed by atoms with E-state index in [0.717, 1.165) is 24.2 Å². The number of hydrogen-bond acceptors (Lipinski definition) is 4. The van der Waals surface area contributed by atoms with E-state index < -0.39 is 0 Å². The Hall–Kier alpha value is -1.91. The lowest BCUT2D eigenvalue weighted by molar-refractivity contribution is 0.671. The van der Waals surface area contributed by atoms with E-state index in [1.807, 2.05) is 13.8 Å². The largest absolute Gasteiger partial charge is 0.370 e. The second-order valence-electron chi connectivity index (χ2n) is 3.81. The molecule has 0 spiro atoms. The highest BCUT2D eigenvalue weighted by atomic mass is 16.1. The van der Waals surface area contributed by atoms with Gasteiger partial charge in [0.15, 0.2) is 0 Å². The van der Waals surface area contributed by atoms with Gasteiger partial charge in [-0.25, -0.2) is 9.97 Å². The quantitative estimate of drug-likeness (QED) is 0.870. The van der Waals surface area contributed by atoms with Crippen LogP contribution in [0.3, 0.4) is 0 Å². The van der Waals surface area contributed by atoms with Crippen molar-refractivity contribution in [1.82, 2.24) is 14.5 Å². The van der Waals surface area contributed by atoms with Crippen molar-refractivity contribution in [2.24, 2.45) is 0 Å². The maximum Gasteiger partial charge on any atom is 0.252 e. The topological polar surface area (TPSA) is 59.8 Å². The summed E-state index contributed by atoms with van der Waals surface area (Å²) in [5.74, 6) is 0.780. The number of pyridine rings is 1. The second-order valence-corrected chi connectivity index (χ2v) is 3.81. The van der Waals surface area contributed by atoms with Gasteiger partial charge in [-0.15, -0.1) is 0 Å². The fourth-order valence-electron chi connectivity index (χ4n) is 1.85. The highest BCUT2D eigenvalue weighted by Crippen LogP contribution is 2.17. The fraction of sp³-hybridized carbons (Fsp3) is 0.417. The zero-order chi connectivity index (χ0) is 12.3. The van der Waals surface area contributed by atoms with Crippen molar-refractivity contribution >= 4 is 16.9 Å². The Bertz CT molecular complexity index is 576. The average molecular weight is 232 g/mol. The summed E-state index contributed by atoms with van der Waals surface area (Å²) in [5, 5.41) is 4.06. The van der Waals surface area contributed by atoms with Gasteiger partial charge in [0.2, 0.25) is 0 Å². The average Bonchev–Trinajstić information content (AvgIpc) is 2.34. The third-order valence-corrected chi connectivity index (χ3v) is 2.57. The van der Waals surface area contributed by atoms with Crippen LogP contribution < -0.4 is 10.9 Å². The van der Waals surface area contributed by atoms with Crippen molar-refractivity contribution in [3.63, 3.8) is 0 Å². The van der Waals surface area contributed by atoms with Crippen molar-refractivity contribution in [3.8, 4) is 0 Å². The van der Waals surface area contributed by atoms with E-state index in [1.54, 1.807) is 16.7 Å². The minimum absolute atomic E-state index is 0.0134. The Labute approximate surface area is 99.5 Å². The molecule has 2 rings (SSSR count). The highest BCUT2D eigenvalue weighted by Gasteiger charge is 2.07. The molecule has 0 aliphatic rings. The number of aromatic nitrogens is 3. The molecule has 5 nitrogen and oxygen atoms in total. The van der Waals surface area contributed by atoms with Crippen LogP contribution in [0, 0.1) is 0 Å². The summed E-state index contributed by atoms with van der Waals surface area (Å²) >= 11 is 0. The molecule has 0 aromatic carbocycles. The Morgan fingerprint density at radius 3 is 2.82 bits per heavy atom. The molecule has 0 unspecified atom stereocenters. The van der Waals surface area contributed by atoms with E-state index in [-0.39, 0.29) is 5.56 Å². The molecule has 0 radical (unpaired) electrons. The summed E-state index contributed by atoms with van der Waals surface area (Å²) in [7, 11) is 0. The third-order valence-electron chi connectivity index (χ3n) is 2.57. The van der Waals surface area contributed by atoms with Gasteiger partial charge >= 0.3 is 0 Å². The number of hydrogen-bond donors (Lipinski definition) is 1. The number of nitrogens with zero attached hydrogens (tertiary/aromatic N) is 3. The minimum Gasteiger partial charge on any atom is -0.370 e. The molecule has 0 amide bonds. The Morgan fingerprint density at radius 1 is 1.29 bits per heavy atom. The van der Waals surface area contributed by atoms with Crippen LogP contribution >= 0.6 is 0 Å². The van der Waals surface area contributed by atoms with Gasteiger partial charge in [-0.3, -0.25) is 9.36 Å². The molecule has 0 bridgehead atoms. The SMILES string of the molecule is CCCn1c(=O)ccc2c(NCC)ncnc21. The van der Waals surface area contributed by atoms with Gasteiger partial charge in [-0.1, -0.05) is 6.92 Å².